The van der Waals surface area contributed by atoms with Gasteiger partial charge in [-0.2, -0.15) is 0 Å². The first kappa shape index (κ1) is 15.1. The number of nitrogens with zero attached hydrogens (tertiary/aromatic N) is 2. The van der Waals surface area contributed by atoms with Crippen LogP contribution in [0.3, 0.4) is 0 Å². The van der Waals surface area contributed by atoms with Gasteiger partial charge < -0.3 is 11.1 Å². The number of nitrogens with one attached hydrogen (secondary N) is 1. The van der Waals surface area contributed by atoms with Gasteiger partial charge in [-0.05, 0) is 43.4 Å². The quantitative estimate of drug-likeness (QED) is 0.644. The molecule has 7 heteroatoms. The zero-order valence-corrected chi connectivity index (χ0v) is 13.3. The third-order valence-corrected chi connectivity index (χ3v) is 6.08. The fourth-order valence-corrected chi connectivity index (χ4v) is 4.25. The van der Waals surface area contributed by atoms with Crippen LogP contribution in [0.2, 0.25) is 0 Å². The first-order valence-electron chi connectivity index (χ1n) is 7.70. The maximum atomic E-state index is 11.9. The molecule has 1 saturated heterocycles. The molecule has 0 aromatic heterocycles. The van der Waals surface area contributed by atoms with E-state index in [1.165, 1.54) is 10.7 Å². The van der Waals surface area contributed by atoms with Crippen LogP contribution in [0.4, 0.5) is 5.69 Å². The molecular formula is C15H22N4O2S. The fourth-order valence-electron chi connectivity index (χ4n) is 2.68. The molecule has 2 aliphatic rings. The van der Waals surface area contributed by atoms with Crippen molar-refractivity contribution in [2.45, 2.75) is 38.3 Å². The monoisotopic (exact) mass is 322 g/mol. The molecule has 1 saturated carbocycles. The Kier molecular flexibility index (Phi) is 4.24. The predicted molar refractivity (Wildman–Crippen MR) is 88.3 cm³/mol. The molecule has 1 heterocycles. The smallest absolute Gasteiger partial charge is 0.235 e. The van der Waals surface area contributed by atoms with E-state index >= 15 is 0 Å². The standard InChI is InChI=1S/C15H22N4O2S/c16-15(18-13-3-1-4-13)17-11-12-5-7-14(8-6-12)19-9-2-10-22(19,20)21/h5-8,13H,1-4,9-11H2,(H3,16,17,18). The predicted octanol–water partition coefficient (Wildman–Crippen LogP) is 1.18. The number of benzene rings is 1. The van der Waals surface area contributed by atoms with Crippen molar-refractivity contribution in [3.63, 3.8) is 0 Å². The van der Waals surface area contributed by atoms with Crippen LogP contribution in [0.15, 0.2) is 29.3 Å². The molecule has 0 atom stereocenters. The lowest BCUT2D eigenvalue weighted by molar-refractivity contribution is 0.382. The maximum absolute atomic E-state index is 11.9. The van der Waals surface area contributed by atoms with Gasteiger partial charge in [-0.15, -0.1) is 0 Å². The summed E-state index contributed by atoms with van der Waals surface area (Å²) in [6.45, 7) is 1.07. The van der Waals surface area contributed by atoms with E-state index in [4.69, 9.17) is 5.73 Å². The molecule has 1 aliphatic carbocycles. The van der Waals surface area contributed by atoms with Gasteiger partial charge in [0.25, 0.3) is 0 Å². The second-order valence-electron chi connectivity index (χ2n) is 5.88. The van der Waals surface area contributed by atoms with Crippen molar-refractivity contribution in [3.05, 3.63) is 29.8 Å². The lowest BCUT2D eigenvalue weighted by Gasteiger charge is -2.26. The Balaban J connectivity index is 1.60. The molecule has 6 nitrogen and oxygen atoms in total. The number of anilines is 1. The molecule has 22 heavy (non-hydrogen) atoms. The molecule has 1 aliphatic heterocycles. The van der Waals surface area contributed by atoms with E-state index in [2.05, 4.69) is 10.3 Å². The molecule has 0 unspecified atom stereocenters. The second kappa shape index (κ2) is 6.16. The summed E-state index contributed by atoms with van der Waals surface area (Å²) in [7, 11) is -3.11. The highest BCUT2D eigenvalue weighted by molar-refractivity contribution is 7.93. The molecule has 3 N–H and O–H groups in total. The summed E-state index contributed by atoms with van der Waals surface area (Å²) >= 11 is 0. The van der Waals surface area contributed by atoms with Crippen LogP contribution >= 0.6 is 0 Å². The molecule has 1 aromatic carbocycles. The molecule has 1 aromatic rings. The van der Waals surface area contributed by atoms with Gasteiger partial charge in [-0.3, -0.25) is 4.31 Å². The van der Waals surface area contributed by atoms with Crippen molar-refractivity contribution in [2.75, 3.05) is 16.6 Å². The first-order chi connectivity index (χ1) is 10.5. The number of hydrogen-bond donors (Lipinski definition) is 2. The van der Waals surface area contributed by atoms with Crippen molar-refractivity contribution >= 4 is 21.7 Å². The van der Waals surface area contributed by atoms with E-state index in [9.17, 15) is 8.42 Å². The van der Waals surface area contributed by atoms with Crippen molar-refractivity contribution in [3.8, 4) is 0 Å². The number of hydrogen-bond acceptors (Lipinski definition) is 3. The average molecular weight is 322 g/mol. The van der Waals surface area contributed by atoms with Crippen LogP contribution in [0, 0.1) is 0 Å². The Hall–Kier alpha value is -1.76. The van der Waals surface area contributed by atoms with Crippen LogP contribution in [0.1, 0.15) is 31.2 Å². The van der Waals surface area contributed by atoms with E-state index in [0.29, 0.717) is 31.5 Å². The minimum Gasteiger partial charge on any atom is -0.370 e. The number of aliphatic imine (C=N–C) groups is 1. The number of sulfonamides is 1. The number of rotatable bonds is 4. The van der Waals surface area contributed by atoms with Gasteiger partial charge in [-0.1, -0.05) is 12.1 Å². The van der Waals surface area contributed by atoms with Crippen LogP contribution in [0.25, 0.3) is 0 Å². The van der Waals surface area contributed by atoms with E-state index in [1.54, 1.807) is 0 Å². The third-order valence-electron chi connectivity index (χ3n) is 4.21. The Morgan fingerprint density at radius 2 is 2.00 bits per heavy atom. The van der Waals surface area contributed by atoms with E-state index in [-0.39, 0.29) is 5.75 Å². The lowest BCUT2D eigenvalue weighted by Crippen LogP contribution is -2.43. The average Bonchev–Trinajstić information content (AvgIpc) is 2.81. The van der Waals surface area contributed by atoms with Crippen molar-refractivity contribution in [1.82, 2.24) is 5.32 Å². The van der Waals surface area contributed by atoms with Crippen molar-refractivity contribution < 1.29 is 8.42 Å². The lowest BCUT2D eigenvalue weighted by atomic mass is 9.93. The first-order valence-corrected chi connectivity index (χ1v) is 9.31. The van der Waals surface area contributed by atoms with Gasteiger partial charge in [0.2, 0.25) is 10.0 Å². The summed E-state index contributed by atoms with van der Waals surface area (Å²) in [5.41, 5.74) is 7.59. The zero-order chi connectivity index (χ0) is 15.6. The Morgan fingerprint density at radius 3 is 2.55 bits per heavy atom. The topological polar surface area (TPSA) is 87.8 Å². The Labute approximate surface area is 131 Å². The van der Waals surface area contributed by atoms with Crippen LogP contribution in [-0.2, 0) is 16.6 Å². The normalized spacial score (nSPS) is 21.6. The summed E-state index contributed by atoms with van der Waals surface area (Å²) in [6, 6.07) is 7.96. The van der Waals surface area contributed by atoms with Crippen LogP contribution in [0.5, 0.6) is 0 Å². The number of nitrogens with two attached hydrogens (primary N) is 1. The molecule has 0 spiro atoms. The summed E-state index contributed by atoms with van der Waals surface area (Å²) in [5.74, 6) is 0.721. The van der Waals surface area contributed by atoms with Gasteiger partial charge in [0.1, 0.15) is 0 Å². The largest absolute Gasteiger partial charge is 0.370 e. The summed E-state index contributed by atoms with van der Waals surface area (Å²) in [6.07, 6.45) is 4.27. The SMILES string of the molecule is NC(=NCc1ccc(N2CCCS2(=O)=O)cc1)NC1CCC1. The highest BCUT2D eigenvalue weighted by atomic mass is 32.2. The molecule has 0 radical (unpaired) electrons. The molecule has 120 valence electrons. The highest BCUT2D eigenvalue weighted by Gasteiger charge is 2.28. The van der Waals surface area contributed by atoms with Crippen LogP contribution < -0.4 is 15.4 Å². The fraction of sp³-hybridized carbons (Fsp3) is 0.533. The summed E-state index contributed by atoms with van der Waals surface area (Å²) in [5, 5.41) is 3.19. The van der Waals surface area contributed by atoms with Crippen molar-refractivity contribution in [2.24, 2.45) is 10.7 Å². The molecule has 0 bridgehead atoms. The van der Waals surface area contributed by atoms with E-state index in [1.807, 2.05) is 24.3 Å². The minimum absolute atomic E-state index is 0.239. The molecular weight excluding hydrogens is 300 g/mol. The van der Waals surface area contributed by atoms with E-state index < -0.39 is 10.0 Å². The van der Waals surface area contributed by atoms with Gasteiger partial charge in [0.15, 0.2) is 5.96 Å². The summed E-state index contributed by atoms with van der Waals surface area (Å²) < 4.78 is 25.2. The molecule has 2 fully saturated rings. The minimum atomic E-state index is -3.11. The second-order valence-corrected chi connectivity index (χ2v) is 7.89. The Morgan fingerprint density at radius 1 is 1.27 bits per heavy atom. The molecule has 0 amide bonds. The van der Waals surface area contributed by atoms with Crippen molar-refractivity contribution in [1.29, 1.82) is 0 Å². The van der Waals surface area contributed by atoms with Gasteiger partial charge in [-0.25, -0.2) is 13.4 Å². The van der Waals surface area contributed by atoms with E-state index in [0.717, 1.165) is 24.1 Å². The number of guanidine groups is 1. The zero-order valence-electron chi connectivity index (χ0n) is 12.5. The Bertz CT molecular complexity index is 651. The van der Waals surface area contributed by atoms with Crippen LogP contribution in [-0.4, -0.2) is 32.7 Å². The van der Waals surface area contributed by atoms with Gasteiger partial charge in [0.05, 0.1) is 18.0 Å². The summed E-state index contributed by atoms with van der Waals surface area (Å²) in [4.78, 5) is 4.32. The molecule has 3 rings (SSSR count). The van der Waals surface area contributed by atoms with Gasteiger partial charge >= 0.3 is 0 Å². The highest BCUT2D eigenvalue weighted by Crippen LogP contribution is 2.24. The maximum Gasteiger partial charge on any atom is 0.235 e. The third kappa shape index (κ3) is 3.35. The van der Waals surface area contributed by atoms with Gasteiger partial charge in [0, 0.05) is 12.6 Å².